The van der Waals surface area contributed by atoms with Crippen molar-refractivity contribution in [1.29, 1.82) is 0 Å². The highest BCUT2D eigenvalue weighted by atomic mass is 35.5. The van der Waals surface area contributed by atoms with Gasteiger partial charge in [0.2, 0.25) is 0 Å². The van der Waals surface area contributed by atoms with Crippen molar-refractivity contribution in [2.75, 3.05) is 25.0 Å². The number of benzene rings is 2. The van der Waals surface area contributed by atoms with E-state index in [0.29, 0.717) is 18.1 Å². The Hall–Kier alpha value is -2.66. The Kier molecular flexibility index (Phi) is 5.18. The number of nitrogens with zero attached hydrogens (tertiary/aromatic N) is 3. The minimum atomic E-state index is -0.251. The lowest BCUT2D eigenvalue weighted by Gasteiger charge is -2.35. The molecule has 2 aromatic carbocycles. The molecule has 28 heavy (non-hydrogen) atoms. The van der Waals surface area contributed by atoms with E-state index in [1.54, 1.807) is 42.4 Å². The molecule has 0 N–H and O–H groups in total. The van der Waals surface area contributed by atoms with Gasteiger partial charge < -0.3 is 4.90 Å². The minimum absolute atomic E-state index is 0.0218. The van der Waals surface area contributed by atoms with Crippen molar-refractivity contribution >= 4 is 34.2 Å². The molecule has 0 atom stereocenters. The van der Waals surface area contributed by atoms with E-state index in [0.717, 1.165) is 35.0 Å². The topological polar surface area (TPSA) is 36.4 Å². The number of anilines is 1. The first kappa shape index (κ1) is 18.7. The largest absolute Gasteiger partial charge is 0.324 e. The van der Waals surface area contributed by atoms with E-state index in [-0.39, 0.29) is 17.8 Å². The number of urea groups is 1. The second-order valence-corrected chi connectivity index (χ2v) is 7.58. The molecule has 144 valence electrons. The van der Waals surface area contributed by atoms with Crippen LogP contribution in [0.15, 0.2) is 54.7 Å². The van der Waals surface area contributed by atoms with Crippen LogP contribution in [-0.2, 0) is 0 Å². The molecule has 0 radical (unpaired) electrons. The maximum Gasteiger partial charge on any atom is 0.324 e. The molecule has 2 amide bonds. The smallest absolute Gasteiger partial charge is 0.324 e. The maximum atomic E-state index is 13.7. The maximum absolute atomic E-state index is 13.7. The minimum Gasteiger partial charge on any atom is -0.324 e. The summed E-state index contributed by atoms with van der Waals surface area (Å²) in [5, 5.41) is 1.51. The SMILES string of the molecule is CN(C(=O)N1CCC(c2ccnc3ccc(F)cc23)CC1)c1ccc(Cl)cc1. The average molecular weight is 398 g/mol. The predicted molar refractivity (Wildman–Crippen MR) is 110 cm³/mol. The monoisotopic (exact) mass is 397 g/mol. The third-order valence-electron chi connectivity index (χ3n) is 5.44. The first-order chi connectivity index (χ1) is 13.5. The van der Waals surface area contributed by atoms with Gasteiger partial charge in [0.25, 0.3) is 0 Å². The number of halogens is 2. The highest BCUT2D eigenvalue weighted by Gasteiger charge is 2.27. The zero-order chi connectivity index (χ0) is 19.7. The number of aromatic nitrogens is 1. The predicted octanol–water partition coefficient (Wildman–Crippen LogP) is 5.46. The lowest BCUT2D eigenvalue weighted by atomic mass is 9.87. The van der Waals surface area contributed by atoms with E-state index < -0.39 is 0 Å². The molecule has 1 aliphatic rings. The van der Waals surface area contributed by atoms with Gasteiger partial charge in [0.05, 0.1) is 5.52 Å². The number of rotatable bonds is 2. The van der Waals surface area contributed by atoms with Gasteiger partial charge in [-0.3, -0.25) is 9.88 Å². The van der Waals surface area contributed by atoms with Crippen molar-refractivity contribution in [3.05, 3.63) is 71.1 Å². The summed E-state index contributed by atoms with van der Waals surface area (Å²) in [7, 11) is 1.77. The Morgan fingerprint density at radius 2 is 1.86 bits per heavy atom. The summed E-state index contributed by atoms with van der Waals surface area (Å²) in [5.74, 6) is 0.0381. The Labute approximate surface area is 168 Å². The van der Waals surface area contributed by atoms with Crippen LogP contribution in [0.5, 0.6) is 0 Å². The highest BCUT2D eigenvalue weighted by Crippen LogP contribution is 2.33. The third-order valence-corrected chi connectivity index (χ3v) is 5.70. The Morgan fingerprint density at radius 3 is 2.57 bits per heavy atom. The number of hydrogen-bond donors (Lipinski definition) is 0. The fraction of sp³-hybridized carbons (Fsp3) is 0.273. The number of piperidine rings is 1. The van der Waals surface area contributed by atoms with Crippen LogP contribution in [-0.4, -0.2) is 36.1 Å². The number of hydrogen-bond acceptors (Lipinski definition) is 2. The van der Waals surface area contributed by atoms with Crippen LogP contribution in [0.25, 0.3) is 10.9 Å². The van der Waals surface area contributed by atoms with Crippen LogP contribution in [0, 0.1) is 5.82 Å². The molecule has 1 fully saturated rings. The molecule has 2 heterocycles. The summed E-state index contributed by atoms with van der Waals surface area (Å²) in [6.07, 6.45) is 3.47. The van der Waals surface area contributed by atoms with E-state index in [1.165, 1.54) is 6.07 Å². The molecule has 0 unspecified atom stereocenters. The summed E-state index contributed by atoms with van der Waals surface area (Å²) < 4.78 is 13.7. The van der Waals surface area contributed by atoms with Crippen molar-refractivity contribution in [1.82, 2.24) is 9.88 Å². The number of carbonyl (C=O) groups is 1. The molecule has 0 aliphatic carbocycles. The normalized spacial score (nSPS) is 15.0. The lowest BCUT2D eigenvalue weighted by Crippen LogP contribution is -2.45. The second-order valence-electron chi connectivity index (χ2n) is 7.14. The quantitative estimate of drug-likeness (QED) is 0.575. The average Bonchev–Trinajstić information content (AvgIpc) is 2.73. The molecule has 4 rings (SSSR count). The number of pyridine rings is 1. The molecule has 0 spiro atoms. The van der Waals surface area contributed by atoms with Crippen molar-refractivity contribution in [2.45, 2.75) is 18.8 Å². The standard InChI is InChI=1S/C22H21ClFN3O/c1-26(18-5-2-16(23)3-6-18)22(28)27-12-9-15(10-13-27)19-8-11-25-21-7-4-17(24)14-20(19)21/h2-8,11,14-15H,9-10,12-13H2,1H3. The highest BCUT2D eigenvalue weighted by molar-refractivity contribution is 6.30. The second kappa shape index (κ2) is 7.76. The Bertz CT molecular complexity index is 1000. The van der Waals surface area contributed by atoms with E-state index >= 15 is 0 Å². The van der Waals surface area contributed by atoms with E-state index in [9.17, 15) is 9.18 Å². The van der Waals surface area contributed by atoms with Gasteiger partial charge in [-0.2, -0.15) is 0 Å². The van der Waals surface area contributed by atoms with Crippen LogP contribution in [0.1, 0.15) is 24.3 Å². The van der Waals surface area contributed by atoms with Crippen molar-refractivity contribution in [3.8, 4) is 0 Å². The first-order valence-electron chi connectivity index (χ1n) is 9.35. The van der Waals surface area contributed by atoms with Crippen molar-refractivity contribution < 1.29 is 9.18 Å². The van der Waals surface area contributed by atoms with Crippen LogP contribution < -0.4 is 4.90 Å². The molecular weight excluding hydrogens is 377 g/mol. The Morgan fingerprint density at radius 1 is 1.14 bits per heavy atom. The molecule has 3 aromatic rings. The van der Waals surface area contributed by atoms with Gasteiger partial charge in [-0.05, 0) is 72.9 Å². The van der Waals surface area contributed by atoms with Crippen LogP contribution in [0.4, 0.5) is 14.9 Å². The van der Waals surface area contributed by atoms with E-state index in [4.69, 9.17) is 11.6 Å². The molecule has 0 bridgehead atoms. The van der Waals surface area contributed by atoms with Gasteiger partial charge in [0, 0.05) is 42.4 Å². The van der Waals surface area contributed by atoms with Gasteiger partial charge in [0.1, 0.15) is 5.82 Å². The van der Waals surface area contributed by atoms with E-state index in [2.05, 4.69) is 4.98 Å². The molecule has 1 saturated heterocycles. The Balaban J connectivity index is 1.47. The molecule has 1 aromatic heterocycles. The van der Waals surface area contributed by atoms with Gasteiger partial charge in [-0.25, -0.2) is 9.18 Å². The molecular formula is C22H21ClFN3O. The van der Waals surface area contributed by atoms with Crippen molar-refractivity contribution in [3.63, 3.8) is 0 Å². The van der Waals surface area contributed by atoms with Crippen LogP contribution in [0.2, 0.25) is 5.02 Å². The summed E-state index contributed by atoms with van der Waals surface area (Å²) in [5.41, 5.74) is 2.73. The molecule has 1 aliphatic heterocycles. The molecule has 0 saturated carbocycles. The fourth-order valence-electron chi connectivity index (χ4n) is 3.86. The summed E-state index contributed by atoms with van der Waals surface area (Å²) in [6.45, 7) is 1.33. The van der Waals surface area contributed by atoms with Crippen LogP contribution >= 0.6 is 11.6 Å². The van der Waals surface area contributed by atoms with E-state index in [1.807, 2.05) is 23.1 Å². The molecule has 6 heteroatoms. The first-order valence-corrected chi connectivity index (χ1v) is 9.73. The van der Waals surface area contributed by atoms with Gasteiger partial charge in [-0.1, -0.05) is 11.6 Å². The third kappa shape index (κ3) is 3.67. The number of amides is 2. The number of carbonyl (C=O) groups excluding carboxylic acids is 1. The van der Waals surface area contributed by atoms with Gasteiger partial charge in [-0.15, -0.1) is 0 Å². The fourth-order valence-corrected chi connectivity index (χ4v) is 3.99. The summed E-state index contributed by atoms with van der Waals surface area (Å²) >= 11 is 5.93. The molecule has 4 nitrogen and oxygen atoms in total. The van der Waals surface area contributed by atoms with Gasteiger partial charge >= 0.3 is 6.03 Å². The van der Waals surface area contributed by atoms with Crippen LogP contribution in [0.3, 0.4) is 0 Å². The van der Waals surface area contributed by atoms with Gasteiger partial charge in [0.15, 0.2) is 0 Å². The number of likely N-dealkylation sites (tertiary alicyclic amines) is 1. The lowest BCUT2D eigenvalue weighted by molar-refractivity contribution is 0.189. The zero-order valence-corrected chi connectivity index (χ0v) is 16.4. The number of fused-ring (bicyclic) bond motifs is 1. The summed E-state index contributed by atoms with van der Waals surface area (Å²) in [6, 6.07) is 13.9. The summed E-state index contributed by atoms with van der Waals surface area (Å²) in [4.78, 5) is 20.7. The van der Waals surface area contributed by atoms with Crippen molar-refractivity contribution in [2.24, 2.45) is 0 Å². The zero-order valence-electron chi connectivity index (χ0n) is 15.6.